The van der Waals surface area contributed by atoms with E-state index in [0.29, 0.717) is 5.82 Å². The summed E-state index contributed by atoms with van der Waals surface area (Å²) in [4.78, 5) is 26.5. The number of anilines is 1. The average molecular weight is 261 g/mol. The van der Waals surface area contributed by atoms with Crippen molar-refractivity contribution in [1.29, 1.82) is 0 Å². The molecule has 0 radical (unpaired) electrons. The van der Waals surface area contributed by atoms with E-state index in [1.54, 1.807) is 0 Å². The molecule has 2 aromatic heterocycles. The lowest BCUT2D eigenvalue weighted by Gasteiger charge is -2.01. The Morgan fingerprint density at radius 2 is 2.16 bits per heavy atom. The molecule has 4 N–H and O–H groups in total. The van der Waals surface area contributed by atoms with Crippen LogP contribution in [0.5, 0.6) is 0 Å². The molecule has 19 heavy (non-hydrogen) atoms. The van der Waals surface area contributed by atoms with Crippen molar-refractivity contribution >= 4 is 17.6 Å². The number of rotatable bonds is 3. The normalized spacial score (nSPS) is 10.2. The van der Waals surface area contributed by atoms with Crippen LogP contribution in [0.2, 0.25) is 0 Å². The number of aromatic nitrogens is 3. The Labute approximate surface area is 108 Å². The first-order chi connectivity index (χ1) is 9.02. The average Bonchev–Trinajstić information content (AvgIpc) is 2.80. The molecule has 0 bridgehead atoms. The van der Waals surface area contributed by atoms with E-state index in [4.69, 9.17) is 11.5 Å². The molecule has 2 rings (SSSR count). The zero-order valence-corrected chi connectivity index (χ0v) is 10.0. The number of hydrogen-bond donors (Lipinski definition) is 2. The fourth-order valence-electron chi connectivity index (χ4n) is 1.46. The van der Waals surface area contributed by atoms with Crippen LogP contribution >= 0.6 is 0 Å². The number of esters is 1. The van der Waals surface area contributed by atoms with Crippen LogP contribution in [0.1, 0.15) is 20.8 Å². The summed E-state index contributed by atoms with van der Waals surface area (Å²) in [6.07, 6.45) is 2.81. The minimum absolute atomic E-state index is 0.0196. The van der Waals surface area contributed by atoms with Crippen molar-refractivity contribution in [2.45, 2.75) is 0 Å². The van der Waals surface area contributed by atoms with Crippen molar-refractivity contribution in [2.24, 2.45) is 5.73 Å². The van der Waals surface area contributed by atoms with Crippen molar-refractivity contribution in [3.63, 3.8) is 0 Å². The van der Waals surface area contributed by atoms with Crippen molar-refractivity contribution in [3.8, 4) is 5.82 Å². The molecule has 0 spiro atoms. The molecule has 0 aromatic carbocycles. The van der Waals surface area contributed by atoms with Crippen LogP contribution in [0.25, 0.3) is 5.82 Å². The molecule has 0 fully saturated rings. The summed E-state index contributed by atoms with van der Waals surface area (Å²) < 4.78 is 5.81. The first-order valence-electron chi connectivity index (χ1n) is 5.22. The molecule has 0 saturated carbocycles. The van der Waals surface area contributed by atoms with Gasteiger partial charge in [-0.2, -0.15) is 5.10 Å². The number of nitrogen functional groups attached to an aromatic ring is 1. The van der Waals surface area contributed by atoms with Crippen molar-refractivity contribution in [3.05, 3.63) is 35.8 Å². The zero-order valence-electron chi connectivity index (χ0n) is 10.0. The van der Waals surface area contributed by atoms with Crippen molar-refractivity contribution < 1.29 is 14.3 Å². The van der Waals surface area contributed by atoms with E-state index in [0.717, 1.165) is 0 Å². The smallest absolute Gasteiger partial charge is 0.360 e. The number of carbonyl (C=O) groups excluding carboxylic acids is 2. The molecule has 0 aliphatic heterocycles. The van der Waals surface area contributed by atoms with Crippen LogP contribution in [-0.2, 0) is 4.74 Å². The van der Waals surface area contributed by atoms with Gasteiger partial charge < -0.3 is 16.2 Å². The third-order valence-corrected chi connectivity index (χ3v) is 2.39. The van der Waals surface area contributed by atoms with Gasteiger partial charge in [-0.15, -0.1) is 0 Å². The van der Waals surface area contributed by atoms with E-state index in [1.165, 1.54) is 36.3 Å². The van der Waals surface area contributed by atoms with Crippen LogP contribution in [-0.4, -0.2) is 33.8 Å². The van der Waals surface area contributed by atoms with Gasteiger partial charge in [0, 0.05) is 11.8 Å². The van der Waals surface area contributed by atoms with Crippen molar-refractivity contribution in [2.75, 3.05) is 12.8 Å². The fraction of sp³-hybridized carbons (Fsp3) is 0.0909. The Morgan fingerprint density at radius 1 is 1.42 bits per heavy atom. The highest BCUT2D eigenvalue weighted by Gasteiger charge is 2.16. The second-order valence-electron chi connectivity index (χ2n) is 3.64. The number of nitrogens with zero attached hydrogens (tertiary/aromatic N) is 3. The topological polar surface area (TPSA) is 126 Å². The van der Waals surface area contributed by atoms with E-state index < -0.39 is 11.9 Å². The highest BCUT2D eigenvalue weighted by Crippen LogP contribution is 2.14. The van der Waals surface area contributed by atoms with Gasteiger partial charge in [-0.1, -0.05) is 0 Å². The third-order valence-electron chi connectivity index (χ3n) is 2.39. The third kappa shape index (κ3) is 2.37. The van der Waals surface area contributed by atoms with Gasteiger partial charge in [-0.25, -0.2) is 14.5 Å². The summed E-state index contributed by atoms with van der Waals surface area (Å²) in [7, 11) is 1.23. The molecule has 2 aromatic rings. The van der Waals surface area contributed by atoms with E-state index in [1.807, 2.05) is 0 Å². The lowest BCUT2D eigenvalue weighted by Crippen LogP contribution is -2.12. The fourth-order valence-corrected chi connectivity index (χ4v) is 1.46. The number of nitrogens with two attached hydrogens (primary N) is 2. The van der Waals surface area contributed by atoms with Gasteiger partial charge in [0.05, 0.1) is 19.0 Å². The molecule has 98 valence electrons. The molecule has 0 aliphatic carbocycles. The SMILES string of the molecule is COC(=O)c1nn(-c2cc(C(N)=O)ccn2)cc1N. The van der Waals surface area contributed by atoms with E-state index in [9.17, 15) is 9.59 Å². The Kier molecular flexibility index (Phi) is 3.15. The minimum Gasteiger partial charge on any atom is -0.464 e. The number of amides is 1. The molecule has 8 nitrogen and oxygen atoms in total. The van der Waals surface area contributed by atoms with Crippen LogP contribution < -0.4 is 11.5 Å². The molecule has 0 unspecified atom stereocenters. The number of ether oxygens (including phenoxy) is 1. The van der Waals surface area contributed by atoms with Crippen LogP contribution in [0.4, 0.5) is 5.69 Å². The molecule has 1 amide bonds. The maximum atomic E-state index is 11.4. The number of hydrogen-bond acceptors (Lipinski definition) is 6. The summed E-state index contributed by atoms with van der Waals surface area (Å²) in [5.41, 5.74) is 11.2. The first kappa shape index (κ1) is 12.6. The number of methoxy groups -OCH3 is 1. The first-order valence-corrected chi connectivity index (χ1v) is 5.22. The van der Waals surface area contributed by atoms with E-state index >= 15 is 0 Å². The summed E-state index contributed by atoms with van der Waals surface area (Å²) in [6.45, 7) is 0. The van der Waals surface area contributed by atoms with Gasteiger partial charge in [0.15, 0.2) is 11.5 Å². The maximum Gasteiger partial charge on any atom is 0.360 e. The standard InChI is InChI=1S/C11H11N5O3/c1-19-11(18)9-7(12)5-16(15-9)8-4-6(10(13)17)2-3-14-8/h2-5H,12H2,1H3,(H2,13,17). The summed E-state index contributed by atoms with van der Waals surface area (Å²) >= 11 is 0. The number of primary amides is 1. The second-order valence-corrected chi connectivity index (χ2v) is 3.64. The van der Waals surface area contributed by atoms with Gasteiger partial charge in [0.2, 0.25) is 5.91 Å². The number of pyridine rings is 1. The molecular weight excluding hydrogens is 250 g/mol. The zero-order chi connectivity index (χ0) is 14.0. The van der Waals surface area contributed by atoms with Crippen LogP contribution in [0.15, 0.2) is 24.5 Å². The molecule has 2 heterocycles. The summed E-state index contributed by atoms with van der Waals surface area (Å²) in [5.74, 6) is -0.919. The van der Waals surface area contributed by atoms with E-state index in [-0.39, 0.29) is 16.9 Å². The molecule has 0 aliphatic rings. The second kappa shape index (κ2) is 4.77. The quantitative estimate of drug-likeness (QED) is 0.732. The van der Waals surface area contributed by atoms with E-state index in [2.05, 4.69) is 14.8 Å². The predicted octanol–water partition coefficient (Wildman–Crippen LogP) is -0.265. The summed E-state index contributed by atoms with van der Waals surface area (Å²) in [6, 6.07) is 2.91. The lowest BCUT2D eigenvalue weighted by atomic mass is 10.2. The Morgan fingerprint density at radius 3 is 2.79 bits per heavy atom. The molecule has 8 heteroatoms. The van der Waals surface area contributed by atoms with Crippen molar-refractivity contribution in [1.82, 2.24) is 14.8 Å². The molecule has 0 saturated heterocycles. The largest absolute Gasteiger partial charge is 0.464 e. The molecule has 0 atom stereocenters. The predicted molar refractivity (Wildman–Crippen MR) is 65.6 cm³/mol. The highest BCUT2D eigenvalue weighted by molar-refractivity contribution is 5.93. The van der Waals surface area contributed by atoms with Gasteiger partial charge in [-0.05, 0) is 12.1 Å². The summed E-state index contributed by atoms with van der Waals surface area (Å²) in [5, 5.41) is 3.95. The number of carbonyl (C=O) groups is 2. The Balaban J connectivity index is 2.45. The Bertz CT molecular complexity index is 650. The van der Waals surface area contributed by atoms with Gasteiger partial charge >= 0.3 is 5.97 Å². The van der Waals surface area contributed by atoms with Gasteiger partial charge in [0.25, 0.3) is 0 Å². The maximum absolute atomic E-state index is 11.4. The van der Waals surface area contributed by atoms with Gasteiger partial charge in [0.1, 0.15) is 0 Å². The minimum atomic E-state index is -0.651. The van der Waals surface area contributed by atoms with Crippen LogP contribution in [0, 0.1) is 0 Å². The lowest BCUT2D eigenvalue weighted by molar-refractivity contribution is 0.0594. The molecular formula is C11H11N5O3. The van der Waals surface area contributed by atoms with Crippen LogP contribution in [0.3, 0.4) is 0 Å². The van der Waals surface area contributed by atoms with Gasteiger partial charge in [-0.3, -0.25) is 4.79 Å². The highest BCUT2D eigenvalue weighted by atomic mass is 16.5. The Hall–Kier alpha value is -2.90. The monoisotopic (exact) mass is 261 g/mol.